The second-order valence-electron chi connectivity index (χ2n) is 6.58. The summed E-state index contributed by atoms with van der Waals surface area (Å²) in [4.78, 5) is 15.1. The maximum atomic E-state index is 12.9. The van der Waals surface area contributed by atoms with Crippen LogP contribution in [0.15, 0.2) is 80.6 Å². The first-order valence-corrected chi connectivity index (χ1v) is 13.0. The molecule has 0 atom stereocenters. The smallest absolute Gasteiger partial charge is 0.270 e. The zero-order chi connectivity index (χ0) is 22.0. The van der Waals surface area contributed by atoms with Crippen LogP contribution in [0.25, 0.3) is 6.08 Å². The zero-order valence-electron chi connectivity index (χ0n) is 15.8. The standard InChI is InChI=1S/C23H14Br2INO2S2/c24-16-8-6-14(7-9-16)13-29-21-18(25)10-15(11-19(21)26)12-20-22(28)27(23(30)31-20)17-4-2-1-3-5-17/h1-12H,13H2/b20-12+. The third-order valence-corrected chi connectivity index (χ3v) is 7.64. The van der Waals surface area contributed by atoms with Crippen molar-refractivity contribution < 1.29 is 9.53 Å². The molecule has 3 aromatic rings. The summed E-state index contributed by atoms with van der Waals surface area (Å²) in [7, 11) is 0. The van der Waals surface area contributed by atoms with Crippen molar-refractivity contribution >= 4 is 100 Å². The molecule has 0 aromatic heterocycles. The average Bonchev–Trinajstić information content (AvgIpc) is 3.02. The Morgan fingerprint density at radius 3 is 2.45 bits per heavy atom. The number of benzene rings is 3. The minimum Gasteiger partial charge on any atom is -0.487 e. The zero-order valence-corrected chi connectivity index (χ0v) is 22.8. The van der Waals surface area contributed by atoms with Gasteiger partial charge >= 0.3 is 0 Å². The Bertz CT molecular complexity index is 1160. The van der Waals surface area contributed by atoms with Gasteiger partial charge in [-0.2, -0.15) is 0 Å². The van der Waals surface area contributed by atoms with Gasteiger partial charge in [0.25, 0.3) is 5.91 Å². The van der Waals surface area contributed by atoms with Crippen molar-refractivity contribution in [3.8, 4) is 5.75 Å². The molecule has 1 aliphatic rings. The molecule has 3 nitrogen and oxygen atoms in total. The molecule has 0 spiro atoms. The number of thiocarbonyl (C=S) groups is 1. The maximum absolute atomic E-state index is 12.9. The fourth-order valence-electron chi connectivity index (χ4n) is 2.96. The SMILES string of the molecule is O=C1/C(=C\c2cc(Br)c(OCc3ccc(Br)cc3)c(I)c2)SC(=S)N1c1ccccc1. The number of halogens is 3. The molecule has 1 saturated heterocycles. The van der Waals surface area contributed by atoms with Gasteiger partial charge in [0.2, 0.25) is 0 Å². The van der Waals surface area contributed by atoms with Crippen molar-refractivity contribution in [1.29, 1.82) is 0 Å². The van der Waals surface area contributed by atoms with E-state index in [1.807, 2.05) is 72.8 Å². The predicted octanol–water partition coefficient (Wildman–Crippen LogP) is 7.80. The number of hydrogen-bond acceptors (Lipinski definition) is 4. The van der Waals surface area contributed by atoms with Gasteiger partial charge in [0.05, 0.1) is 18.6 Å². The van der Waals surface area contributed by atoms with Crippen LogP contribution in [0.5, 0.6) is 5.75 Å². The Kier molecular flexibility index (Phi) is 7.53. The van der Waals surface area contributed by atoms with Crippen molar-refractivity contribution in [2.45, 2.75) is 6.61 Å². The summed E-state index contributed by atoms with van der Waals surface area (Å²) >= 11 is 16.1. The van der Waals surface area contributed by atoms with Crippen LogP contribution in [0.3, 0.4) is 0 Å². The van der Waals surface area contributed by atoms with Gasteiger partial charge in [-0.05, 0) is 92.1 Å². The van der Waals surface area contributed by atoms with Crippen LogP contribution in [0, 0.1) is 3.57 Å². The maximum Gasteiger partial charge on any atom is 0.270 e. The third kappa shape index (κ3) is 5.42. The summed E-state index contributed by atoms with van der Waals surface area (Å²) < 4.78 is 9.40. The number of hydrogen-bond donors (Lipinski definition) is 0. The minimum atomic E-state index is -0.108. The molecule has 4 rings (SSSR count). The first-order valence-electron chi connectivity index (χ1n) is 9.11. The molecule has 1 heterocycles. The van der Waals surface area contributed by atoms with Crippen LogP contribution in [0.1, 0.15) is 11.1 Å². The fourth-order valence-corrected chi connectivity index (χ4v) is 6.29. The Labute approximate surface area is 220 Å². The van der Waals surface area contributed by atoms with Crippen LogP contribution < -0.4 is 9.64 Å². The van der Waals surface area contributed by atoms with Gasteiger partial charge in [-0.3, -0.25) is 9.69 Å². The Balaban J connectivity index is 1.54. The van der Waals surface area contributed by atoms with Crippen molar-refractivity contribution in [1.82, 2.24) is 0 Å². The molecule has 3 aromatic carbocycles. The number of anilines is 1. The second kappa shape index (κ2) is 10.2. The third-order valence-electron chi connectivity index (χ3n) is 4.42. The highest BCUT2D eigenvalue weighted by Crippen LogP contribution is 2.38. The number of carbonyl (C=O) groups is 1. The summed E-state index contributed by atoms with van der Waals surface area (Å²) in [6.07, 6.45) is 1.87. The van der Waals surface area contributed by atoms with Crippen LogP contribution >= 0.6 is 78.4 Å². The summed E-state index contributed by atoms with van der Waals surface area (Å²) in [5, 5.41) is 0. The lowest BCUT2D eigenvalue weighted by atomic mass is 10.2. The summed E-state index contributed by atoms with van der Waals surface area (Å²) in [6, 6.07) is 21.4. The van der Waals surface area contributed by atoms with E-state index in [4.69, 9.17) is 17.0 Å². The van der Waals surface area contributed by atoms with Gasteiger partial charge in [0.15, 0.2) is 4.32 Å². The van der Waals surface area contributed by atoms with E-state index < -0.39 is 0 Å². The topological polar surface area (TPSA) is 29.5 Å². The van der Waals surface area contributed by atoms with E-state index in [1.54, 1.807) is 4.90 Å². The van der Waals surface area contributed by atoms with Crippen LogP contribution in [0.2, 0.25) is 0 Å². The highest BCUT2D eigenvalue weighted by molar-refractivity contribution is 14.1. The number of rotatable bonds is 5. The highest BCUT2D eigenvalue weighted by Gasteiger charge is 2.33. The van der Waals surface area contributed by atoms with E-state index in [0.29, 0.717) is 15.8 Å². The Morgan fingerprint density at radius 2 is 1.77 bits per heavy atom. The first-order chi connectivity index (χ1) is 14.9. The van der Waals surface area contributed by atoms with Crippen molar-refractivity contribution in [3.63, 3.8) is 0 Å². The van der Waals surface area contributed by atoms with Crippen LogP contribution in [0.4, 0.5) is 5.69 Å². The molecule has 0 radical (unpaired) electrons. The Morgan fingerprint density at radius 1 is 1.06 bits per heavy atom. The molecule has 0 saturated carbocycles. The van der Waals surface area contributed by atoms with Gasteiger partial charge in [-0.1, -0.05) is 70.2 Å². The lowest BCUT2D eigenvalue weighted by molar-refractivity contribution is -0.113. The molecule has 1 amide bonds. The quantitative estimate of drug-likeness (QED) is 0.156. The molecule has 0 bridgehead atoms. The Hall–Kier alpha value is -1.20. The van der Waals surface area contributed by atoms with E-state index >= 15 is 0 Å². The van der Waals surface area contributed by atoms with E-state index in [0.717, 1.165) is 35.1 Å². The molecule has 31 heavy (non-hydrogen) atoms. The molecule has 1 fully saturated rings. The van der Waals surface area contributed by atoms with Gasteiger partial charge < -0.3 is 4.74 Å². The number of carbonyl (C=O) groups excluding carboxylic acids is 1. The van der Waals surface area contributed by atoms with E-state index in [1.165, 1.54) is 11.8 Å². The monoisotopic (exact) mass is 685 g/mol. The number of ether oxygens (including phenoxy) is 1. The predicted molar refractivity (Wildman–Crippen MR) is 147 cm³/mol. The van der Waals surface area contributed by atoms with Crippen LogP contribution in [-0.2, 0) is 11.4 Å². The highest BCUT2D eigenvalue weighted by atomic mass is 127. The van der Waals surface area contributed by atoms with Crippen LogP contribution in [-0.4, -0.2) is 10.2 Å². The fraction of sp³-hybridized carbons (Fsp3) is 0.0435. The number of thioether (sulfide) groups is 1. The van der Waals surface area contributed by atoms with E-state index in [2.05, 4.69) is 54.5 Å². The molecule has 156 valence electrons. The second-order valence-corrected chi connectivity index (χ2v) is 11.2. The number of amides is 1. The van der Waals surface area contributed by atoms with Crippen molar-refractivity contribution in [2.75, 3.05) is 4.90 Å². The van der Waals surface area contributed by atoms with Gasteiger partial charge in [0.1, 0.15) is 12.4 Å². The molecule has 1 aliphatic heterocycles. The van der Waals surface area contributed by atoms with E-state index in [9.17, 15) is 4.79 Å². The average molecular weight is 687 g/mol. The van der Waals surface area contributed by atoms with Gasteiger partial charge in [-0.25, -0.2) is 0 Å². The lowest BCUT2D eigenvalue weighted by Gasteiger charge is -2.14. The molecule has 0 N–H and O–H groups in total. The first kappa shape index (κ1) is 23.0. The molecular formula is C23H14Br2INO2S2. The van der Waals surface area contributed by atoms with Gasteiger partial charge in [-0.15, -0.1) is 0 Å². The normalized spacial score (nSPS) is 15.1. The summed E-state index contributed by atoms with van der Waals surface area (Å²) in [5.41, 5.74) is 2.77. The molecule has 0 unspecified atom stereocenters. The van der Waals surface area contributed by atoms with Gasteiger partial charge in [0, 0.05) is 4.47 Å². The summed E-state index contributed by atoms with van der Waals surface area (Å²) in [6.45, 7) is 0.469. The minimum absolute atomic E-state index is 0.108. The number of para-hydroxylation sites is 1. The lowest BCUT2D eigenvalue weighted by Crippen LogP contribution is -2.27. The number of nitrogens with zero attached hydrogens (tertiary/aromatic N) is 1. The summed E-state index contributed by atoms with van der Waals surface area (Å²) in [5.74, 6) is 0.667. The largest absolute Gasteiger partial charge is 0.487 e. The van der Waals surface area contributed by atoms with E-state index in [-0.39, 0.29) is 5.91 Å². The molecule has 0 aliphatic carbocycles. The van der Waals surface area contributed by atoms with Crippen molar-refractivity contribution in [3.05, 3.63) is 95.3 Å². The molecular weight excluding hydrogens is 673 g/mol. The molecule has 8 heteroatoms. The van der Waals surface area contributed by atoms with Crippen molar-refractivity contribution in [2.24, 2.45) is 0 Å².